The van der Waals surface area contributed by atoms with E-state index in [4.69, 9.17) is 23.2 Å². The summed E-state index contributed by atoms with van der Waals surface area (Å²) in [7, 11) is 0. The van der Waals surface area contributed by atoms with Gasteiger partial charge in [0.25, 0.3) is 0 Å². The second-order valence-electron chi connectivity index (χ2n) is 6.64. The van der Waals surface area contributed by atoms with Crippen LogP contribution in [0.4, 0.5) is 5.00 Å². The highest BCUT2D eigenvalue weighted by molar-refractivity contribution is 7.16. The Kier molecular flexibility index (Phi) is 5.79. The van der Waals surface area contributed by atoms with Crippen LogP contribution in [0, 0.1) is 11.3 Å². The number of thiophene rings is 1. The molecule has 0 saturated carbocycles. The Morgan fingerprint density at radius 1 is 1.14 bits per heavy atom. The highest BCUT2D eigenvalue weighted by Crippen LogP contribution is 2.39. The van der Waals surface area contributed by atoms with E-state index < -0.39 is 0 Å². The Hall–Kier alpha value is -2.16. The minimum Gasteiger partial charge on any atom is -0.294 e. The summed E-state index contributed by atoms with van der Waals surface area (Å²) in [6.45, 7) is 2.70. The van der Waals surface area contributed by atoms with Gasteiger partial charge in [-0.1, -0.05) is 65.7 Å². The van der Waals surface area contributed by atoms with E-state index in [9.17, 15) is 5.26 Å². The molecule has 3 aromatic rings. The first-order valence-corrected chi connectivity index (χ1v) is 10.5. The second-order valence-corrected chi connectivity index (χ2v) is 8.51. The third-order valence-electron chi connectivity index (χ3n) is 4.78. The molecule has 0 amide bonds. The van der Waals surface area contributed by atoms with E-state index in [1.54, 1.807) is 23.6 Å². The summed E-state index contributed by atoms with van der Waals surface area (Å²) in [5.74, 6) is 0. The standard InChI is InChI=1S/C22H17Cl2N3S/c23-19-8-4-7-16(21(19)24)12-26-22-18(11-25)17-9-10-27(14-20(17)28-22)13-15-5-2-1-3-6-15/h1-8,12H,9-10,13-14H2. The smallest absolute Gasteiger partial charge is 0.134 e. The van der Waals surface area contributed by atoms with E-state index in [2.05, 4.69) is 40.2 Å². The molecule has 6 heteroatoms. The average Bonchev–Trinajstić information content (AvgIpc) is 3.06. The fraction of sp³-hybridized carbons (Fsp3) is 0.182. The van der Waals surface area contributed by atoms with Crippen molar-refractivity contribution in [3.05, 3.63) is 85.7 Å². The molecule has 1 aromatic heterocycles. The van der Waals surface area contributed by atoms with Crippen LogP contribution < -0.4 is 0 Å². The number of aliphatic imine (C=N–C) groups is 1. The monoisotopic (exact) mass is 425 g/mol. The third kappa shape index (κ3) is 3.99. The van der Waals surface area contributed by atoms with Crippen molar-refractivity contribution in [3.8, 4) is 6.07 Å². The molecule has 0 unspecified atom stereocenters. The van der Waals surface area contributed by atoms with Crippen molar-refractivity contribution in [2.45, 2.75) is 19.5 Å². The molecule has 4 rings (SSSR count). The number of hydrogen-bond acceptors (Lipinski definition) is 4. The lowest BCUT2D eigenvalue weighted by molar-refractivity contribution is 0.249. The predicted molar refractivity (Wildman–Crippen MR) is 117 cm³/mol. The molecule has 2 aromatic carbocycles. The zero-order valence-corrected chi connectivity index (χ0v) is 17.4. The molecule has 1 aliphatic rings. The summed E-state index contributed by atoms with van der Waals surface area (Å²) in [6, 6.07) is 18.3. The minimum absolute atomic E-state index is 0.474. The molecule has 0 atom stereocenters. The molecule has 0 N–H and O–H groups in total. The Balaban J connectivity index is 1.57. The van der Waals surface area contributed by atoms with Crippen LogP contribution >= 0.6 is 34.5 Å². The Morgan fingerprint density at radius 3 is 2.75 bits per heavy atom. The number of halogens is 2. The zero-order valence-electron chi connectivity index (χ0n) is 15.0. The van der Waals surface area contributed by atoms with E-state index in [0.29, 0.717) is 15.6 Å². The molecule has 0 spiro atoms. The van der Waals surface area contributed by atoms with Gasteiger partial charge in [-0.25, -0.2) is 4.99 Å². The lowest BCUT2D eigenvalue weighted by atomic mass is 10.0. The molecule has 0 aliphatic carbocycles. The molecule has 0 bridgehead atoms. The highest BCUT2D eigenvalue weighted by atomic mass is 35.5. The summed E-state index contributed by atoms with van der Waals surface area (Å²) in [6.07, 6.45) is 2.56. The molecular weight excluding hydrogens is 409 g/mol. The summed E-state index contributed by atoms with van der Waals surface area (Å²) in [5, 5.41) is 11.4. The van der Waals surface area contributed by atoms with Gasteiger partial charge in [0.05, 0.1) is 15.6 Å². The van der Waals surface area contributed by atoms with Crippen LogP contribution in [0.3, 0.4) is 0 Å². The van der Waals surface area contributed by atoms with Gasteiger partial charge in [0.1, 0.15) is 11.1 Å². The van der Waals surface area contributed by atoms with Crippen molar-refractivity contribution >= 4 is 45.8 Å². The molecule has 0 fully saturated rings. The quantitative estimate of drug-likeness (QED) is 0.464. The third-order valence-corrected chi connectivity index (χ3v) is 6.74. The maximum absolute atomic E-state index is 9.68. The Labute approximate surface area is 178 Å². The van der Waals surface area contributed by atoms with Gasteiger partial charge in [0.2, 0.25) is 0 Å². The molecule has 1 aliphatic heterocycles. The van der Waals surface area contributed by atoms with Crippen molar-refractivity contribution in [2.75, 3.05) is 6.54 Å². The minimum atomic E-state index is 0.474. The van der Waals surface area contributed by atoms with Crippen LogP contribution in [-0.4, -0.2) is 17.7 Å². The lowest BCUT2D eigenvalue weighted by Gasteiger charge is -2.26. The summed E-state index contributed by atoms with van der Waals surface area (Å²) in [4.78, 5) is 8.21. The maximum atomic E-state index is 9.68. The van der Waals surface area contributed by atoms with Gasteiger partial charge in [-0.2, -0.15) is 5.26 Å². The first kappa shape index (κ1) is 19.2. The summed E-state index contributed by atoms with van der Waals surface area (Å²) >= 11 is 13.9. The van der Waals surface area contributed by atoms with Crippen LogP contribution in [0.1, 0.15) is 27.1 Å². The number of fused-ring (bicyclic) bond motifs is 1. The summed E-state index contributed by atoms with van der Waals surface area (Å²) in [5.41, 5.74) is 3.88. The lowest BCUT2D eigenvalue weighted by Crippen LogP contribution is -2.29. The van der Waals surface area contributed by atoms with Gasteiger partial charge in [-0.3, -0.25) is 4.90 Å². The number of benzene rings is 2. The molecule has 140 valence electrons. The number of nitrogens with zero attached hydrogens (tertiary/aromatic N) is 3. The zero-order chi connectivity index (χ0) is 19.5. The fourth-order valence-corrected chi connectivity index (χ4v) is 4.91. The van der Waals surface area contributed by atoms with Gasteiger partial charge in [0.15, 0.2) is 0 Å². The largest absolute Gasteiger partial charge is 0.294 e. The van der Waals surface area contributed by atoms with Gasteiger partial charge in [0, 0.05) is 36.3 Å². The first-order valence-electron chi connectivity index (χ1n) is 8.94. The van der Waals surface area contributed by atoms with E-state index in [1.807, 2.05) is 18.2 Å². The molecular formula is C22H17Cl2N3S. The molecule has 3 nitrogen and oxygen atoms in total. The van der Waals surface area contributed by atoms with Crippen molar-refractivity contribution < 1.29 is 0 Å². The SMILES string of the molecule is N#Cc1c(N=Cc2cccc(Cl)c2Cl)sc2c1CCN(Cc1ccccc1)C2. The highest BCUT2D eigenvalue weighted by Gasteiger charge is 2.24. The van der Waals surface area contributed by atoms with E-state index in [-0.39, 0.29) is 0 Å². The van der Waals surface area contributed by atoms with E-state index >= 15 is 0 Å². The van der Waals surface area contributed by atoms with Crippen molar-refractivity contribution in [3.63, 3.8) is 0 Å². The van der Waals surface area contributed by atoms with Gasteiger partial charge >= 0.3 is 0 Å². The van der Waals surface area contributed by atoms with Gasteiger partial charge < -0.3 is 0 Å². The van der Waals surface area contributed by atoms with E-state index in [1.165, 1.54) is 10.4 Å². The van der Waals surface area contributed by atoms with E-state index in [0.717, 1.165) is 42.2 Å². The van der Waals surface area contributed by atoms with Crippen LogP contribution in [0.5, 0.6) is 0 Å². The number of rotatable bonds is 4. The van der Waals surface area contributed by atoms with Gasteiger partial charge in [-0.05, 0) is 23.6 Å². The van der Waals surface area contributed by atoms with Crippen LogP contribution in [-0.2, 0) is 19.5 Å². The first-order chi connectivity index (χ1) is 13.7. The normalized spacial score (nSPS) is 14.2. The van der Waals surface area contributed by atoms with Crippen LogP contribution in [0.25, 0.3) is 0 Å². The average molecular weight is 426 g/mol. The predicted octanol–water partition coefficient (Wildman–Crippen LogP) is 6.24. The second kappa shape index (κ2) is 8.46. The molecule has 0 radical (unpaired) electrons. The van der Waals surface area contributed by atoms with Crippen molar-refractivity contribution in [2.24, 2.45) is 4.99 Å². The Bertz CT molecular complexity index is 1070. The molecule has 0 saturated heterocycles. The van der Waals surface area contributed by atoms with Crippen LogP contribution in [0.15, 0.2) is 53.5 Å². The van der Waals surface area contributed by atoms with Crippen molar-refractivity contribution in [1.82, 2.24) is 4.90 Å². The van der Waals surface area contributed by atoms with Crippen LogP contribution in [0.2, 0.25) is 10.0 Å². The Morgan fingerprint density at radius 2 is 1.96 bits per heavy atom. The number of nitriles is 1. The van der Waals surface area contributed by atoms with Crippen molar-refractivity contribution in [1.29, 1.82) is 5.26 Å². The summed E-state index contributed by atoms with van der Waals surface area (Å²) < 4.78 is 0. The topological polar surface area (TPSA) is 39.4 Å². The maximum Gasteiger partial charge on any atom is 0.134 e. The fourth-order valence-electron chi connectivity index (χ4n) is 3.37. The molecule has 2 heterocycles. The molecule has 28 heavy (non-hydrogen) atoms. The number of hydrogen-bond donors (Lipinski definition) is 0. The van der Waals surface area contributed by atoms with Gasteiger partial charge in [-0.15, -0.1) is 11.3 Å².